The van der Waals surface area contributed by atoms with Crippen molar-refractivity contribution in [1.29, 1.82) is 0 Å². The zero-order valence-corrected chi connectivity index (χ0v) is 19.7. The minimum absolute atomic E-state index is 0.0175. The lowest BCUT2D eigenvalue weighted by molar-refractivity contribution is -0.138. The van der Waals surface area contributed by atoms with Gasteiger partial charge in [-0.1, -0.05) is 66.7 Å². The van der Waals surface area contributed by atoms with Crippen molar-refractivity contribution in [3.05, 3.63) is 83.4 Å². The highest BCUT2D eigenvalue weighted by molar-refractivity contribution is 5.75. The van der Waals surface area contributed by atoms with Crippen LogP contribution < -0.4 is 0 Å². The average Bonchev–Trinajstić information content (AvgIpc) is 3.33. The van der Waals surface area contributed by atoms with Crippen LogP contribution in [0.2, 0.25) is 0 Å². The van der Waals surface area contributed by atoms with Crippen LogP contribution in [0.3, 0.4) is 0 Å². The molecule has 0 aliphatic rings. The molecular weight excluding hydrogens is 471 g/mol. The number of carboxylic acid groups (broad SMARTS) is 1. The van der Waals surface area contributed by atoms with Gasteiger partial charge in [0.2, 0.25) is 5.82 Å². The fraction of sp³-hybridized carbons (Fsp3) is 0.222. The zero-order valence-electron chi connectivity index (χ0n) is 19.7. The first-order chi connectivity index (χ1) is 17.2. The van der Waals surface area contributed by atoms with Gasteiger partial charge in [0.05, 0.1) is 12.1 Å². The number of carbonyl (C=O) groups is 1. The average molecular weight is 496 g/mol. The molecule has 0 saturated carbocycles. The van der Waals surface area contributed by atoms with Gasteiger partial charge in [0.15, 0.2) is 0 Å². The minimum atomic E-state index is -4.57. The summed E-state index contributed by atoms with van der Waals surface area (Å²) < 4.78 is 47.4. The first-order valence-electron chi connectivity index (χ1n) is 11.3. The highest BCUT2D eigenvalue weighted by Gasteiger charge is 2.35. The summed E-state index contributed by atoms with van der Waals surface area (Å²) in [6.07, 6.45) is -3.96. The Kier molecular flexibility index (Phi) is 7.21. The Morgan fingerprint density at radius 3 is 2.36 bits per heavy atom. The predicted octanol–water partition coefficient (Wildman–Crippen LogP) is 6.17. The number of hydrogen-bond acceptors (Lipinski definition) is 5. The van der Waals surface area contributed by atoms with E-state index >= 15 is 0 Å². The van der Waals surface area contributed by atoms with Crippen molar-refractivity contribution in [2.75, 3.05) is 13.6 Å². The zero-order chi connectivity index (χ0) is 25.9. The van der Waals surface area contributed by atoms with Gasteiger partial charge >= 0.3 is 12.1 Å². The second kappa shape index (κ2) is 10.3. The van der Waals surface area contributed by atoms with Crippen LogP contribution in [0.5, 0.6) is 0 Å². The molecule has 0 fully saturated rings. The van der Waals surface area contributed by atoms with Crippen LogP contribution in [0.4, 0.5) is 13.2 Å². The van der Waals surface area contributed by atoms with Gasteiger partial charge in [-0.3, -0.25) is 9.69 Å². The van der Waals surface area contributed by atoms with Crippen LogP contribution in [0.1, 0.15) is 23.6 Å². The van der Waals surface area contributed by atoms with Crippen LogP contribution in [0, 0.1) is 0 Å². The largest absolute Gasteiger partial charge is 0.480 e. The van der Waals surface area contributed by atoms with Crippen molar-refractivity contribution in [3.8, 4) is 34.0 Å². The second-order valence-electron chi connectivity index (χ2n) is 8.45. The monoisotopic (exact) mass is 495 g/mol. The highest BCUT2D eigenvalue weighted by atomic mass is 19.4. The number of carboxylic acids is 1. The maximum atomic E-state index is 14.0. The fourth-order valence-corrected chi connectivity index (χ4v) is 4.05. The van der Waals surface area contributed by atoms with Crippen LogP contribution in [0.25, 0.3) is 34.0 Å². The maximum absolute atomic E-state index is 14.0. The van der Waals surface area contributed by atoms with Gasteiger partial charge in [-0.15, -0.1) is 0 Å². The van der Waals surface area contributed by atoms with Crippen LogP contribution in [-0.4, -0.2) is 39.7 Å². The quantitative estimate of drug-likeness (QED) is 0.315. The molecule has 36 heavy (non-hydrogen) atoms. The smallest absolute Gasteiger partial charge is 0.417 e. The van der Waals surface area contributed by atoms with Crippen molar-refractivity contribution in [3.63, 3.8) is 0 Å². The molecule has 0 atom stereocenters. The van der Waals surface area contributed by atoms with Crippen LogP contribution >= 0.6 is 0 Å². The molecule has 1 aromatic heterocycles. The molecule has 6 nitrogen and oxygen atoms in total. The van der Waals surface area contributed by atoms with E-state index in [1.165, 1.54) is 6.07 Å². The van der Waals surface area contributed by atoms with E-state index in [0.717, 1.165) is 17.2 Å². The topological polar surface area (TPSA) is 79.5 Å². The summed E-state index contributed by atoms with van der Waals surface area (Å²) in [5.74, 6) is -0.690. The van der Waals surface area contributed by atoms with Gasteiger partial charge < -0.3 is 9.63 Å². The molecule has 4 rings (SSSR count). The molecule has 0 amide bonds. The molecule has 1 N–H and O–H groups in total. The SMILES string of the molecule is CCc1ccccc1-c1ccc(-c2nc(-c3ccc(CN(C)CC(=O)O)cc3)no2)cc1C(F)(F)F. The van der Waals surface area contributed by atoms with Crippen molar-refractivity contribution in [2.45, 2.75) is 26.1 Å². The van der Waals surface area contributed by atoms with Crippen molar-refractivity contribution < 1.29 is 27.6 Å². The van der Waals surface area contributed by atoms with Gasteiger partial charge in [0.1, 0.15) is 0 Å². The third-order valence-electron chi connectivity index (χ3n) is 5.76. The highest BCUT2D eigenvalue weighted by Crippen LogP contribution is 2.40. The maximum Gasteiger partial charge on any atom is 0.417 e. The van der Waals surface area contributed by atoms with E-state index in [1.54, 1.807) is 42.3 Å². The Labute approximate surface area is 206 Å². The molecule has 4 aromatic rings. The third-order valence-corrected chi connectivity index (χ3v) is 5.76. The molecule has 0 aliphatic heterocycles. The summed E-state index contributed by atoms with van der Waals surface area (Å²) in [6.45, 7) is 2.26. The number of aliphatic carboxylic acids is 1. The Balaban J connectivity index is 1.62. The molecule has 0 bridgehead atoms. The van der Waals surface area contributed by atoms with Gasteiger partial charge in [-0.05, 0) is 47.9 Å². The fourth-order valence-electron chi connectivity index (χ4n) is 4.05. The molecule has 9 heteroatoms. The van der Waals surface area contributed by atoms with E-state index in [9.17, 15) is 18.0 Å². The Hall–Kier alpha value is -3.98. The Morgan fingerprint density at radius 2 is 1.69 bits per heavy atom. The summed E-state index contributed by atoms with van der Waals surface area (Å²) in [7, 11) is 1.70. The predicted molar refractivity (Wildman–Crippen MR) is 129 cm³/mol. The normalized spacial score (nSPS) is 11.7. The van der Waals surface area contributed by atoms with E-state index in [1.807, 2.05) is 31.2 Å². The number of aromatic nitrogens is 2. The number of benzene rings is 3. The molecule has 186 valence electrons. The van der Waals surface area contributed by atoms with E-state index in [2.05, 4.69) is 10.1 Å². The number of alkyl halides is 3. The summed E-state index contributed by atoms with van der Waals surface area (Å²) in [5.41, 5.74) is 2.39. The van der Waals surface area contributed by atoms with Gasteiger partial charge in [0.25, 0.3) is 5.89 Å². The lowest BCUT2D eigenvalue weighted by atomic mass is 9.92. The molecule has 0 spiro atoms. The second-order valence-corrected chi connectivity index (χ2v) is 8.45. The van der Waals surface area contributed by atoms with E-state index in [4.69, 9.17) is 9.63 Å². The molecular formula is C27H24F3N3O3. The lowest BCUT2D eigenvalue weighted by Gasteiger charge is -2.16. The van der Waals surface area contributed by atoms with Gasteiger partial charge in [-0.25, -0.2) is 0 Å². The van der Waals surface area contributed by atoms with Gasteiger partial charge in [-0.2, -0.15) is 18.2 Å². The summed E-state index contributed by atoms with van der Waals surface area (Å²) >= 11 is 0. The number of aryl methyl sites for hydroxylation is 1. The third kappa shape index (κ3) is 5.63. The minimum Gasteiger partial charge on any atom is -0.480 e. The molecule has 0 radical (unpaired) electrons. The van der Waals surface area contributed by atoms with Crippen molar-refractivity contribution in [1.82, 2.24) is 15.0 Å². The van der Waals surface area contributed by atoms with Crippen LogP contribution in [0.15, 0.2) is 71.3 Å². The molecule has 3 aromatic carbocycles. The number of rotatable bonds is 8. The van der Waals surface area contributed by atoms with Crippen molar-refractivity contribution >= 4 is 5.97 Å². The first kappa shape index (κ1) is 25.1. The number of nitrogens with zero attached hydrogens (tertiary/aromatic N) is 3. The number of likely N-dealkylation sites (N-methyl/N-ethyl adjacent to an activating group) is 1. The first-order valence-corrected chi connectivity index (χ1v) is 11.3. The Bertz CT molecular complexity index is 1360. The number of hydrogen-bond donors (Lipinski definition) is 1. The van der Waals surface area contributed by atoms with Crippen LogP contribution in [-0.2, 0) is 23.9 Å². The molecule has 0 unspecified atom stereocenters. The molecule has 1 heterocycles. The summed E-state index contributed by atoms with van der Waals surface area (Å²) in [5, 5.41) is 12.8. The lowest BCUT2D eigenvalue weighted by Crippen LogP contribution is -2.25. The van der Waals surface area contributed by atoms with Gasteiger partial charge in [0, 0.05) is 17.7 Å². The van der Waals surface area contributed by atoms with E-state index < -0.39 is 17.7 Å². The molecule has 0 aliphatic carbocycles. The standard InChI is InChI=1S/C27H24F3N3O3/c1-3-18-6-4-5-7-21(18)22-13-12-20(14-23(22)27(28,29)30)26-31-25(32-36-26)19-10-8-17(9-11-19)15-33(2)16-24(34)35/h4-14H,3,15-16H2,1-2H3,(H,34,35). The Morgan fingerprint density at radius 1 is 1.00 bits per heavy atom. The number of halogens is 3. The summed E-state index contributed by atoms with van der Waals surface area (Å²) in [6, 6.07) is 18.2. The summed E-state index contributed by atoms with van der Waals surface area (Å²) in [4.78, 5) is 16.8. The van der Waals surface area contributed by atoms with E-state index in [0.29, 0.717) is 24.1 Å². The molecule has 0 saturated heterocycles. The van der Waals surface area contributed by atoms with E-state index in [-0.39, 0.29) is 29.4 Å². The van der Waals surface area contributed by atoms with Crippen molar-refractivity contribution in [2.24, 2.45) is 0 Å².